The fraction of sp³-hybridized carbons (Fsp3) is 0.429. The molecular weight excluding hydrogens is 324 g/mol. The highest BCUT2D eigenvalue weighted by Gasteiger charge is 2.19. The SMILES string of the molecule is CC(C)C(CNC(=O)CCCc1c[nH]c2ccccc12)c1ccnn1C. The fourth-order valence-electron chi connectivity index (χ4n) is 3.52. The van der Waals surface area contributed by atoms with Crippen molar-refractivity contribution < 1.29 is 4.79 Å². The summed E-state index contributed by atoms with van der Waals surface area (Å²) in [6.07, 6.45) is 6.18. The van der Waals surface area contributed by atoms with Crippen LogP contribution >= 0.6 is 0 Å². The smallest absolute Gasteiger partial charge is 0.220 e. The normalized spacial score (nSPS) is 12.6. The van der Waals surface area contributed by atoms with Crippen LogP contribution in [0.15, 0.2) is 42.7 Å². The van der Waals surface area contributed by atoms with Gasteiger partial charge in [-0.05, 0) is 36.5 Å². The standard InChI is InChI=1S/C21H28N4O/c1-15(2)18(20-11-12-24-25(20)3)14-23-21(26)10-6-7-16-13-22-19-9-5-4-8-17(16)19/h4-5,8-9,11-13,15,18,22H,6-7,10,14H2,1-3H3,(H,23,26). The molecular formula is C21H28N4O. The third-order valence-electron chi connectivity index (χ3n) is 5.09. The van der Waals surface area contributed by atoms with E-state index in [1.54, 1.807) is 0 Å². The lowest BCUT2D eigenvalue weighted by Crippen LogP contribution is -2.31. The molecule has 1 unspecified atom stereocenters. The van der Waals surface area contributed by atoms with Gasteiger partial charge in [0.1, 0.15) is 0 Å². The number of carbonyl (C=O) groups is 1. The van der Waals surface area contributed by atoms with Crippen molar-refractivity contribution in [2.24, 2.45) is 13.0 Å². The summed E-state index contributed by atoms with van der Waals surface area (Å²) in [6, 6.07) is 10.3. The van der Waals surface area contributed by atoms with Crippen molar-refractivity contribution in [1.82, 2.24) is 20.1 Å². The number of aryl methyl sites for hydroxylation is 2. The molecule has 2 heterocycles. The average Bonchev–Trinajstić information content (AvgIpc) is 3.22. The summed E-state index contributed by atoms with van der Waals surface area (Å²) in [7, 11) is 1.95. The van der Waals surface area contributed by atoms with Crippen molar-refractivity contribution in [2.75, 3.05) is 6.54 Å². The van der Waals surface area contributed by atoms with Gasteiger partial charge in [0, 0.05) is 54.9 Å². The Balaban J connectivity index is 1.49. The summed E-state index contributed by atoms with van der Waals surface area (Å²) < 4.78 is 1.90. The third-order valence-corrected chi connectivity index (χ3v) is 5.09. The summed E-state index contributed by atoms with van der Waals surface area (Å²) in [5.41, 5.74) is 3.60. The second-order valence-corrected chi connectivity index (χ2v) is 7.25. The lowest BCUT2D eigenvalue weighted by Gasteiger charge is -2.21. The largest absolute Gasteiger partial charge is 0.361 e. The Kier molecular flexibility index (Phi) is 5.76. The van der Waals surface area contributed by atoms with Gasteiger partial charge in [-0.2, -0.15) is 5.10 Å². The van der Waals surface area contributed by atoms with Gasteiger partial charge >= 0.3 is 0 Å². The summed E-state index contributed by atoms with van der Waals surface area (Å²) in [4.78, 5) is 15.6. The van der Waals surface area contributed by atoms with Gasteiger partial charge in [0.15, 0.2) is 0 Å². The number of carbonyl (C=O) groups excluding carboxylic acids is 1. The first kappa shape index (κ1) is 18.2. The van der Waals surface area contributed by atoms with E-state index in [2.05, 4.69) is 53.6 Å². The predicted molar refractivity (Wildman–Crippen MR) is 105 cm³/mol. The number of rotatable bonds is 8. The number of hydrogen-bond donors (Lipinski definition) is 2. The van der Waals surface area contributed by atoms with Crippen LogP contribution in [0, 0.1) is 5.92 Å². The second kappa shape index (κ2) is 8.21. The maximum atomic E-state index is 12.3. The number of aromatic amines is 1. The molecule has 0 bridgehead atoms. The molecule has 3 rings (SSSR count). The monoisotopic (exact) mass is 352 g/mol. The number of para-hydroxylation sites is 1. The summed E-state index contributed by atoms with van der Waals surface area (Å²) in [5, 5.41) is 8.61. The molecule has 0 saturated heterocycles. The first-order valence-electron chi connectivity index (χ1n) is 9.36. The molecule has 0 radical (unpaired) electrons. The van der Waals surface area contributed by atoms with E-state index in [9.17, 15) is 4.79 Å². The molecule has 0 fully saturated rings. The first-order valence-corrected chi connectivity index (χ1v) is 9.36. The number of aromatic nitrogens is 3. The van der Waals surface area contributed by atoms with E-state index < -0.39 is 0 Å². The van der Waals surface area contributed by atoms with Crippen LogP contribution in [0.5, 0.6) is 0 Å². The molecule has 138 valence electrons. The molecule has 1 atom stereocenters. The van der Waals surface area contributed by atoms with Gasteiger partial charge in [0.25, 0.3) is 0 Å². The van der Waals surface area contributed by atoms with Crippen LogP contribution in [0.25, 0.3) is 10.9 Å². The van der Waals surface area contributed by atoms with E-state index in [-0.39, 0.29) is 11.8 Å². The van der Waals surface area contributed by atoms with E-state index in [1.807, 2.05) is 30.1 Å². The quantitative estimate of drug-likeness (QED) is 0.648. The van der Waals surface area contributed by atoms with Crippen molar-refractivity contribution in [3.05, 3.63) is 54.0 Å². The zero-order valence-corrected chi connectivity index (χ0v) is 15.8. The van der Waals surface area contributed by atoms with Crippen LogP contribution in [0.3, 0.4) is 0 Å². The van der Waals surface area contributed by atoms with Gasteiger partial charge in [-0.3, -0.25) is 9.48 Å². The van der Waals surface area contributed by atoms with Gasteiger partial charge in [-0.15, -0.1) is 0 Å². The maximum Gasteiger partial charge on any atom is 0.220 e. The molecule has 0 aliphatic carbocycles. The number of fused-ring (bicyclic) bond motifs is 1. The van der Waals surface area contributed by atoms with Crippen molar-refractivity contribution in [3.8, 4) is 0 Å². The minimum atomic E-state index is 0.123. The summed E-state index contributed by atoms with van der Waals surface area (Å²) in [6.45, 7) is 5.02. The summed E-state index contributed by atoms with van der Waals surface area (Å²) in [5.74, 6) is 0.842. The average molecular weight is 352 g/mol. The zero-order chi connectivity index (χ0) is 18.5. The predicted octanol–water partition coefficient (Wildman–Crippen LogP) is 3.78. The Hall–Kier alpha value is -2.56. The molecule has 1 amide bonds. The van der Waals surface area contributed by atoms with E-state index in [1.165, 1.54) is 16.6 Å². The van der Waals surface area contributed by atoms with Gasteiger partial charge in [-0.1, -0.05) is 32.0 Å². The minimum Gasteiger partial charge on any atom is -0.361 e. The Morgan fingerprint density at radius 2 is 2.08 bits per heavy atom. The van der Waals surface area contributed by atoms with Gasteiger partial charge in [0.2, 0.25) is 5.91 Å². The van der Waals surface area contributed by atoms with E-state index in [0.717, 1.165) is 18.4 Å². The fourth-order valence-corrected chi connectivity index (χ4v) is 3.52. The van der Waals surface area contributed by atoms with Gasteiger partial charge in [-0.25, -0.2) is 0 Å². The topological polar surface area (TPSA) is 62.7 Å². The molecule has 3 aromatic rings. The molecule has 1 aromatic carbocycles. The highest BCUT2D eigenvalue weighted by Crippen LogP contribution is 2.23. The Morgan fingerprint density at radius 3 is 2.81 bits per heavy atom. The van der Waals surface area contributed by atoms with Gasteiger partial charge in [0.05, 0.1) is 0 Å². The Morgan fingerprint density at radius 1 is 1.27 bits per heavy atom. The number of benzene rings is 1. The van der Waals surface area contributed by atoms with Crippen LogP contribution < -0.4 is 5.32 Å². The van der Waals surface area contributed by atoms with Crippen molar-refractivity contribution >= 4 is 16.8 Å². The molecule has 5 heteroatoms. The van der Waals surface area contributed by atoms with Gasteiger partial charge < -0.3 is 10.3 Å². The van der Waals surface area contributed by atoms with E-state index in [0.29, 0.717) is 18.9 Å². The third kappa shape index (κ3) is 4.15. The molecule has 2 aromatic heterocycles. The van der Waals surface area contributed by atoms with Crippen LogP contribution in [0.2, 0.25) is 0 Å². The Bertz CT molecular complexity index is 862. The highest BCUT2D eigenvalue weighted by atomic mass is 16.1. The molecule has 0 saturated carbocycles. The van der Waals surface area contributed by atoms with E-state index >= 15 is 0 Å². The van der Waals surface area contributed by atoms with Crippen LogP contribution in [-0.4, -0.2) is 27.2 Å². The zero-order valence-electron chi connectivity index (χ0n) is 15.8. The van der Waals surface area contributed by atoms with Crippen molar-refractivity contribution in [2.45, 2.75) is 39.0 Å². The molecule has 26 heavy (non-hydrogen) atoms. The minimum absolute atomic E-state index is 0.123. The molecule has 0 aliphatic heterocycles. The number of H-pyrrole nitrogens is 1. The van der Waals surface area contributed by atoms with Crippen molar-refractivity contribution in [1.29, 1.82) is 0 Å². The first-order chi connectivity index (χ1) is 12.6. The molecule has 0 aliphatic rings. The second-order valence-electron chi connectivity index (χ2n) is 7.25. The lowest BCUT2D eigenvalue weighted by molar-refractivity contribution is -0.121. The molecule has 0 spiro atoms. The number of nitrogens with one attached hydrogen (secondary N) is 2. The lowest BCUT2D eigenvalue weighted by atomic mass is 9.92. The van der Waals surface area contributed by atoms with Crippen LogP contribution in [0.1, 0.15) is 43.9 Å². The number of hydrogen-bond acceptors (Lipinski definition) is 2. The maximum absolute atomic E-state index is 12.3. The van der Waals surface area contributed by atoms with Crippen molar-refractivity contribution in [3.63, 3.8) is 0 Å². The van der Waals surface area contributed by atoms with E-state index in [4.69, 9.17) is 0 Å². The highest BCUT2D eigenvalue weighted by molar-refractivity contribution is 5.83. The van der Waals surface area contributed by atoms with Crippen LogP contribution in [-0.2, 0) is 18.3 Å². The van der Waals surface area contributed by atoms with Crippen LogP contribution in [0.4, 0.5) is 0 Å². The number of amides is 1. The Labute approximate surface area is 154 Å². The molecule has 2 N–H and O–H groups in total. The number of nitrogens with zero attached hydrogens (tertiary/aromatic N) is 2. The molecule has 5 nitrogen and oxygen atoms in total. The summed E-state index contributed by atoms with van der Waals surface area (Å²) >= 11 is 0.